The minimum Gasteiger partial charge on any atom is -0.309 e. The number of fused-ring (bicyclic) bond motifs is 13. The van der Waals surface area contributed by atoms with Crippen LogP contribution < -0.4 is 4.90 Å². The third kappa shape index (κ3) is 5.76. The Morgan fingerprint density at radius 2 is 0.986 bits per heavy atom. The van der Waals surface area contributed by atoms with Gasteiger partial charge in [0, 0.05) is 54.9 Å². The highest BCUT2D eigenvalue weighted by molar-refractivity contribution is 6.29. The lowest BCUT2D eigenvalue weighted by atomic mass is 9.67. The number of benzene rings is 10. The van der Waals surface area contributed by atoms with E-state index in [9.17, 15) is 0 Å². The van der Waals surface area contributed by atoms with Crippen molar-refractivity contribution in [3.63, 3.8) is 0 Å². The van der Waals surface area contributed by atoms with E-state index in [1.807, 2.05) is 0 Å². The highest BCUT2D eigenvalue weighted by Gasteiger charge is 2.46. The molecule has 0 bridgehead atoms. The van der Waals surface area contributed by atoms with Crippen LogP contribution in [0.4, 0.5) is 17.2 Å². The molecule has 0 unspecified atom stereocenters. The standard InChI is InChI=1S/C67H43N5/c1-4-19-45(20-5-1)67(46-21-6-2-7-22-46)56-29-14-10-25-50(56)51-40-39-49(43-57(51)67)70(63-34-18-33-61-52-26-11-16-31-59(52)69-72(61)63)48-37-35-44(36-38-48)66-55-41-42-62-65(64(55)53-27-12-15-30-58(53)68-66)54-28-13-17-32-60(54)71(62)47-23-8-3-9-24-47/h1-43H. The number of anilines is 3. The van der Waals surface area contributed by atoms with Crippen LogP contribution in [0, 0.1) is 0 Å². The van der Waals surface area contributed by atoms with Crippen LogP contribution in [0.5, 0.6) is 0 Å². The van der Waals surface area contributed by atoms with Crippen LogP contribution in [0.15, 0.2) is 261 Å². The Kier molecular flexibility index (Phi) is 8.80. The van der Waals surface area contributed by atoms with Gasteiger partial charge in [0.2, 0.25) is 0 Å². The molecule has 0 saturated heterocycles. The van der Waals surface area contributed by atoms with Gasteiger partial charge < -0.3 is 4.57 Å². The van der Waals surface area contributed by atoms with Crippen molar-refractivity contribution in [2.75, 3.05) is 4.90 Å². The largest absolute Gasteiger partial charge is 0.309 e. The van der Waals surface area contributed by atoms with Crippen molar-refractivity contribution in [2.45, 2.75) is 5.41 Å². The fourth-order valence-corrected chi connectivity index (χ4v) is 12.2. The summed E-state index contributed by atoms with van der Waals surface area (Å²) in [7, 11) is 0. The minimum absolute atomic E-state index is 0.562. The summed E-state index contributed by atoms with van der Waals surface area (Å²) in [6.45, 7) is 0. The van der Waals surface area contributed by atoms with Crippen LogP contribution in [0.25, 0.3) is 88.0 Å². The zero-order valence-electron chi connectivity index (χ0n) is 39.1. The van der Waals surface area contributed by atoms with Crippen LogP contribution in [-0.2, 0) is 5.41 Å². The van der Waals surface area contributed by atoms with E-state index in [-0.39, 0.29) is 0 Å². The van der Waals surface area contributed by atoms with Crippen molar-refractivity contribution >= 4 is 77.1 Å². The van der Waals surface area contributed by atoms with Gasteiger partial charge in [-0.2, -0.15) is 5.10 Å². The summed E-state index contributed by atoms with van der Waals surface area (Å²) in [4.78, 5) is 7.86. The maximum absolute atomic E-state index is 5.48. The molecule has 4 aromatic heterocycles. The SMILES string of the molecule is c1ccc(-n2c3ccccc3c3c4c(ccc32)c(-c2ccc(N(c3ccc5c(c3)C(c3ccccc3)(c3ccccc3)c3ccccc3-5)c3cccc5c6ccccc6nn35)cc2)nc2ccccc24)cc1. The van der Waals surface area contributed by atoms with E-state index in [4.69, 9.17) is 10.1 Å². The molecule has 10 aromatic carbocycles. The van der Waals surface area contributed by atoms with Crippen molar-refractivity contribution in [1.29, 1.82) is 0 Å². The van der Waals surface area contributed by atoms with Crippen molar-refractivity contribution < 1.29 is 0 Å². The molecule has 5 nitrogen and oxygen atoms in total. The van der Waals surface area contributed by atoms with Gasteiger partial charge in [0.05, 0.1) is 38.7 Å². The van der Waals surface area contributed by atoms with Crippen LogP contribution in [-0.4, -0.2) is 19.2 Å². The number of pyridine rings is 2. The summed E-state index contributed by atoms with van der Waals surface area (Å²) in [5.41, 5.74) is 17.4. The molecule has 14 aromatic rings. The number of hydrogen-bond acceptors (Lipinski definition) is 3. The summed E-state index contributed by atoms with van der Waals surface area (Å²) in [6.07, 6.45) is 0. The number of hydrogen-bond donors (Lipinski definition) is 0. The van der Waals surface area contributed by atoms with Crippen molar-refractivity contribution in [2.24, 2.45) is 0 Å². The van der Waals surface area contributed by atoms with Crippen molar-refractivity contribution in [1.82, 2.24) is 19.2 Å². The first-order chi connectivity index (χ1) is 35.7. The predicted molar refractivity (Wildman–Crippen MR) is 297 cm³/mol. The van der Waals surface area contributed by atoms with Gasteiger partial charge in [0.15, 0.2) is 0 Å². The fourth-order valence-electron chi connectivity index (χ4n) is 12.2. The average Bonchev–Trinajstić information content (AvgIpc) is 4.11. The molecule has 0 spiro atoms. The van der Waals surface area contributed by atoms with Crippen LogP contribution in [0.1, 0.15) is 22.3 Å². The third-order valence-corrected chi connectivity index (χ3v) is 15.2. The maximum Gasteiger partial charge on any atom is 0.139 e. The van der Waals surface area contributed by atoms with Gasteiger partial charge in [-0.15, -0.1) is 0 Å². The molecular formula is C67H43N5. The van der Waals surface area contributed by atoms with Gasteiger partial charge >= 0.3 is 0 Å². The highest BCUT2D eigenvalue weighted by atomic mass is 15.3. The van der Waals surface area contributed by atoms with Crippen LogP contribution >= 0.6 is 0 Å². The van der Waals surface area contributed by atoms with Gasteiger partial charge in [-0.1, -0.05) is 188 Å². The lowest BCUT2D eigenvalue weighted by Crippen LogP contribution is -2.28. The van der Waals surface area contributed by atoms with E-state index in [1.165, 1.54) is 60.6 Å². The summed E-state index contributed by atoms with van der Waals surface area (Å²) in [5, 5.41) is 12.3. The molecule has 336 valence electrons. The average molecular weight is 918 g/mol. The van der Waals surface area contributed by atoms with Crippen LogP contribution in [0.3, 0.4) is 0 Å². The van der Waals surface area contributed by atoms with Gasteiger partial charge in [-0.05, 0) is 106 Å². The number of nitrogens with zero attached hydrogens (tertiary/aromatic N) is 5. The third-order valence-electron chi connectivity index (χ3n) is 15.2. The second kappa shape index (κ2) is 15.7. The van der Waals surface area contributed by atoms with E-state index in [1.54, 1.807) is 0 Å². The van der Waals surface area contributed by atoms with E-state index in [2.05, 4.69) is 275 Å². The zero-order chi connectivity index (χ0) is 47.3. The minimum atomic E-state index is -0.562. The van der Waals surface area contributed by atoms with E-state index >= 15 is 0 Å². The summed E-state index contributed by atoms with van der Waals surface area (Å²) >= 11 is 0. The smallest absolute Gasteiger partial charge is 0.139 e. The second-order valence-corrected chi connectivity index (χ2v) is 18.9. The van der Waals surface area contributed by atoms with Crippen molar-refractivity contribution in [3.05, 3.63) is 283 Å². The Labute approximate surface area is 415 Å². The molecule has 0 N–H and O–H groups in total. The summed E-state index contributed by atoms with van der Waals surface area (Å²) in [6, 6.07) is 94.6. The fraction of sp³-hybridized carbons (Fsp3) is 0.0149. The molecule has 0 atom stereocenters. The lowest BCUT2D eigenvalue weighted by molar-refractivity contribution is 0.768. The quantitative estimate of drug-likeness (QED) is 0.150. The zero-order valence-corrected chi connectivity index (χ0v) is 39.1. The molecule has 1 aliphatic carbocycles. The Hall–Kier alpha value is -9.58. The van der Waals surface area contributed by atoms with Gasteiger partial charge in [-0.3, -0.25) is 4.90 Å². The second-order valence-electron chi connectivity index (χ2n) is 18.9. The topological polar surface area (TPSA) is 38.4 Å². The number of rotatable bonds is 7. The summed E-state index contributed by atoms with van der Waals surface area (Å²) in [5.74, 6) is 0.934. The molecule has 72 heavy (non-hydrogen) atoms. The summed E-state index contributed by atoms with van der Waals surface area (Å²) < 4.78 is 4.50. The van der Waals surface area contributed by atoms with E-state index in [0.29, 0.717) is 0 Å². The molecule has 5 heteroatoms. The van der Waals surface area contributed by atoms with Gasteiger partial charge in [-0.25, -0.2) is 9.50 Å². The number of para-hydroxylation sites is 3. The first-order valence-electron chi connectivity index (χ1n) is 24.7. The maximum atomic E-state index is 5.48. The molecule has 0 radical (unpaired) electrons. The number of aromatic nitrogens is 4. The van der Waals surface area contributed by atoms with E-state index in [0.717, 1.165) is 66.8 Å². The molecule has 0 saturated carbocycles. The first-order valence-corrected chi connectivity index (χ1v) is 24.7. The lowest BCUT2D eigenvalue weighted by Gasteiger charge is -2.35. The van der Waals surface area contributed by atoms with Gasteiger partial charge in [0.25, 0.3) is 0 Å². The van der Waals surface area contributed by atoms with Crippen molar-refractivity contribution in [3.8, 4) is 28.1 Å². The Bertz CT molecular complexity index is 4400. The monoisotopic (exact) mass is 917 g/mol. The molecule has 15 rings (SSSR count). The Morgan fingerprint density at radius 3 is 1.76 bits per heavy atom. The Balaban J connectivity index is 0.961. The molecule has 0 fully saturated rings. The van der Waals surface area contributed by atoms with E-state index < -0.39 is 5.41 Å². The Morgan fingerprint density at radius 1 is 0.375 bits per heavy atom. The molecule has 0 aliphatic heterocycles. The molecule has 0 amide bonds. The first kappa shape index (κ1) is 40.3. The van der Waals surface area contributed by atoms with Crippen LogP contribution in [0.2, 0.25) is 0 Å². The highest BCUT2D eigenvalue weighted by Crippen LogP contribution is 2.57. The molecular weight excluding hydrogens is 875 g/mol. The molecule has 4 heterocycles. The normalized spacial score (nSPS) is 12.8. The predicted octanol–water partition coefficient (Wildman–Crippen LogP) is 16.8. The molecule has 1 aliphatic rings. The van der Waals surface area contributed by atoms with Gasteiger partial charge in [0.1, 0.15) is 5.82 Å².